The van der Waals surface area contributed by atoms with Crippen LogP contribution in [-0.2, 0) is 9.53 Å². The van der Waals surface area contributed by atoms with Crippen molar-refractivity contribution in [2.24, 2.45) is 11.8 Å². The molecule has 3 amide bonds. The van der Waals surface area contributed by atoms with E-state index in [9.17, 15) is 9.59 Å². The first kappa shape index (κ1) is 19.2. The zero-order chi connectivity index (χ0) is 19.3. The molecule has 28 heavy (non-hydrogen) atoms. The van der Waals surface area contributed by atoms with Crippen molar-refractivity contribution >= 4 is 11.9 Å². The summed E-state index contributed by atoms with van der Waals surface area (Å²) in [5.74, 6) is 0.811. The van der Waals surface area contributed by atoms with Gasteiger partial charge in [0.25, 0.3) is 0 Å². The quantitative estimate of drug-likeness (QED) is 0.867. The van der Waals surface area contributed by atoms with Crippen LogP contribution in [0.25, 0.3) is 0 Å². The zero-order valence-electron chi connectivity index (χ0n) is 16.5. The van der Waals surface area contributed by atoms with Crippen molar-refractivity contribution < 1.29 is 14.3 Å². The largest absolute Gasteiger partial charge is 0.378 e. The van der Waals surface area contributed by atoms with Crippen LogP contribution in [-0.4, -0.2) is 61.1 Å². The summed E-state index contributed by atoms with van der Waals surface area (Å²) >= 11 is 0. The molecule has 1 unspecified atom stereocenters. The minimum absolute atomic E-state index is 0.0121. The summed E-state index contributed by atoms with van der Waals surface area (Å²) in [6, 6.07) is 10.4. The van der Waals surface area contributed by atoms with Gasteiger partial charge in [0, 0.05) is 32.1 Å². The number of ether oxygens (including phenoxy) is 1. The number of carbonyl (C=O) groups excluding carboxylic acids is 2. The second kappa shape index (κ2) is 8.95. The summed E-state index contributed by atoms with van der Waals surface area (Å²) < 4.78 is 5.34. The van der Waals surface area contributed by atoms with Crippen LogP contribution in [0.15, 0.2) is 30.3 Å². The maximum Gasteiger partial charge on any atom is 0.317 e. The van der Waals surface area contributed by atoms with Gasteiger partial charge in [0.2, 0.25) is 5.91 Å². The Balaban J connectivity index is 1.31. The summed E-state index contributed by atoms with van der Waals surface area (Å²) in [5, 5.41) is 3.29. The van der Waals surface area contributed by atoms with Gasteiger partial charge in [-0.3, -0.25) is 4.79 Å². The Hall–Kier alpha value is -2.08. The molecule has 3 fully saturated rings. The molecular weight excluding hydrogens is 354 g/mol. The zero-order valence-corrected chi connectivity index (χ0v) is 16.5. The molecule has 0 radical (unpaired) electrons. The number of morpholine rings is 1. The van der Waals surface area contributed by atoms with Crippen molar-refractivity contribution in [1.29, 1.82) is 0 Å². The molecule has 0 aromatic heterocycles. The predicted molar refractivity (Wildman–Crippen MR) is 107 cm³/mol. The lowest BCUT2D eigenvalue weighted by atomic mass is 9.77. The Morgan fingerprint density at radius 2 is 1.61 bits per heavy atom. The molecule has 6 nitrogen and oxygen atoms in total. The molecule has 2 heterocycles. The summed E-state index contributed by atoms with van der Waals surface area (Å²) in [6.07, 6.45) is 5.11. The third-order valence-electron chi connectivity index (χ3n) is 6.51. The van der Waals surface area contributed by atoms with E-state index in [1.54, 1.807) is 0 Å². The predicted octanol–water partition coefficient (Wildman–Crippen LogP) is 2.81. The molecule has 2 saturated heterocycles. The van der Waals surface area contributed by atoms with Crippen LogP contribution >= 0.6 is 0 Å². The lowest BCUT2D eigenvalue weighted by Crippen LogP contribution is -2.50. The Kier molecular flexibility index (Phi) is 6.15. The van der Waals surface area contributed by atoms with Crippen LogP contribution < -0.4 is 5.32 Å². The molecule has 4 rings (SSSR count). The molecule has 1 aromatic carbocycles. The smallest absolute Gasteiger partial charge is 0.317 e. The molecule has 3 aliphatic rings. The minimum Gasteiger partial charge on any atom is -0.378 e. The van der Waals surface area contributed by atoms with E-state index in [0.717, 1.165) is 12.8 Å². The van der Waals surface area contributed by atoms with Gasteiger partial charge in [-0.1, -0.05) is 36.8 Å². The fourth-order valence-corrected chi connectivity index (χ4v) is 4.50. The van der Waals surface area contributed by atoms with E-state index in [4.69, 9.17) is 4.74 Å². The van der Waals surface area contributed by atoms with Crippen LogP contribution in [0.5, 0.6) is 0 Å². The van der Waals surface area contributed by atoms with Crippen LogP contribution in [0.4, 0.5) is 4.79 Å². The Labute approximate surface area is 167 Å². The number of carbonyl (C=O) groups is 2. The van der Waals surface area contributed by atoms with Crippen LogP contribution in [0.3, 0.4) is 0 Å². The van der Waals surface area contributed by atoms with E-state index >= 15 is 0 Å². The highest BCUT2D eigenvalue weighted by atomic mass is 16.5. The Bertz CT molecular complexity index is 663. The van der Waals surface area contributed by atoms with Crippen molar-refractivity contribution in [2.75, 3.05) is 39.4 Å². The second-order valence-corrected chi connectivity index (χ2v) is 8.23. The van der Waals surface area contributed by atoms with E-state index < -0.39 is 0 Å². The van der Waals surface area contributed by atoms with E-state index in [1.807, 2.05) is 28.0 Å². The molecule has 1 atom stereocenters. The van der Waals surface area contributed by atoms with E-state index in [1.165, 1.54) is 24.8 Å². The number of urea groups is 1. The number of nitrogens with one attached hydrogen (secondary N) is 1. The number of benzene rings is 1. The molecule has 2 aliphatic heterocycles. The molecule has 1 N–H and O–H groups in total. The van der Waals surface area contributed by atoms with Gasteiger partial charge in [-0.2, -0.15) is 0 Å². The third kappa shape index (κ3) is 4.32. The first-order valence-electron chi connectivity index (χ1n) is 10.7. The maximum absolute atomic E-state index is 12.9. The fraction of sp³-hybridized carbons (Fsp3) is 0.636. The molecule has 1 aromatic rings. The first-order valence-corrected chi connectivity index (χ1v) is 10.7. The van der Waals surface area contributed by atoms with Crippen molar-refractivity contribution in [3.63, 3.8) is 0 Å². The molecule has 152 valence electrons. The van der Waals surface area contributed by atoms with Crippen molar-refractivity contribution in [3.8, 4) is 0 Å². The lowest BCUT2D eigenvalue weighted by Gasteiger charge is -2.38. The van der Waals surface area contributed by atoms with E-state index in [-0.39, 0.29) is 23.9 Å². The third-order valence-corrected chi connectivity index (χ3v) is 6.51. The van der Waals surface area contributed by atoms with Gasteiger partial charge >= 0.3 is 6.03 Å². The van der Waals surface area contributed by atoms with Crippen molar-refractivity contribution in [3.05, 3.63) is 35.9 Å². The molecule has 0 bridgehead atoms. The average Bonchev–Trinajstić information content (AvgIpc) is 2.73. The fourth-order valence-electron chi connectivity index (χ4n) is 4.50. The molecule has 1 aliphatic carbocycles. The van der Waals surface area contributed by atoms with Gasteiger partial charge in [-0.15, -0.1) is 0 Å². The summed E-state index contributed by atoms with van der Waals surface area (Å²) in [7, 11) is 0. The number of likely N-dealkylation sites (tertiary alicyclic amines) is 1. The highest BCUT2D eigenvalue weighted by molar-refractivity contribution is 5.80. The number of hydrogen-bond acceptors (Lipinski definition) is 3. The van der Waals surface area contributed by atoms with Gasteiger partial charge in [0.15, 0.2) is 0 Å². The number of piperidine rings is 1. The SMILES string of the molecule is O=C(NC(c1ccccc1)C1CCC1)N1CCC(C(=O)N2CCOCC2)CC1. The maximum atomic E-state index is 12.9. The van der Waals surface area contributed by atoms with Crippen LogP contribution in [0, 0.1) is 11.8 Å². The van der Waals surface area contributed by atoms with Gasteiger partial charge < -0.3 is 19.9 Å². The molecule has 6 heteroatoms. The first-order chi connectivity index (χ1) is 13.7. The Morgan fingerprint density at radius 3 is 2.21 bits per heavy atom. The highest BCUT2D eigenvalue weighted by Gasteiger charge is 2.34. The van der Waals surface area contributed by atoms with Crippen LogP contribution in [0.1, 0.15) is 43.7 Å². The van der Waals surface area contributed by atoms with Gasteiger partial charge in [0.05, 0.1) is 19.3 Å². The summed E-state index contributed by atoms with van der Waals surface area (Å²) in [6.45, 7) is 3.96. The van der Waals surface area contributed by atoms with Gasteiger partial charge in [-0.05, 0) is 37.2 Å². The molecule has 1 saturated carbocycles. The number of rotatable bonds is 4. The van der Waals surface area contributed by atoms with E-state index in [0.29, 0.717) is 45.3 Å². The topological polar surface area (TPSA) is 61.9 Å². The lowest BCUT2D eigenvalue weighted by molar-refractivity contribution is -0.141. The van der Waals surface area contributed by atoms with Gasteiger partial charge in [-0.25, -0.2) is 4.79 Å². The minimum atomic E-state index is 0.0121. The second-order valence-electron chi connectivity index (χ2n) is 8.23. The summed E-state index contributed by atoms with van der Waals surface area (Å²) in [4.78, 5) is 29.4. The normalized spacial score (nSPS) is 22.4. The molecular formula is C22H31N3O3. The van der Waals surface area contributed by atoms with Crippen molar-refractivity contribution in [2.45, 2.75) is 38.1 Å². The standard InChI is InChI=1S/C22H31N3O3/c26-21(24-13-15-28-16-14-24)19-9-11-25(12-10-19)22(27)23-20(18-7-4-8-18)17-5-2-1-3-6-17/h1-3,5-6,18-20H,4,7-16H2,(H,23,27). The Morgan fingerprint density at radius 1 is 0.929 bits per heavy atom. The van der Waals surface area contributed by atoms with Gasteiger partial charge in [0.1, 0.15) is 0 Å². The highest BCUT2D eigenvalue weighted by Crippen LogP contribution is 2.37. The summed E-state index contributed by atoms with van der Waals surface area (Å²) in [5.41, 5.74) is 1.19. The number of nitrogens with zero attached hydrogens (tertiary/aromatic N) is 2. The number of hydrogen-bond donors (Lipinski definition) is 1. The average molecular weight is 386 g/mol. The van der Waals surface area contributed by atoms with Crippen LogP contribution in [0.2, 0.25) is 0 Å². The monoisotopic (exact) mass is 385 g/mol. The van der Waals surface area contributed by atoms with E-state index in [2.05, 4.69) is 17.4 Å². The van der Waals surface area contributed by atoms with Crippen molar-refractivity contribution in [1.82, 2.24) is 15.1 Å². The molecule has 0 spiro atoms. The number of amides is 3.